The Balaban J connectivity index is 1.67. The number of aromatic nitrogens is 2. The minimum absolute atomic E-state index is 0.269. The molecule has 8 heteroatoms. The second-order valence-corrected chi connectivity index (χ2v) is 7.41. The Labute approximate surface area is 129 Å². The van der Waals surface area contributed by atoms with E-state index in [2.05, 4.69) is 20.8 Å². The van der Waals surface area contributed by atoms with E-state index in [1.165, 1.54) is 24.8 Å². The zero-order chi connectivity index (χ0) is 15.6. The number of anilines is 1. The van der Waals surface area contributed by atoms with E-state index in [0.29, 0.717) is 23.4 Å². The average molecular weight is 322 g/mol. The van der Waals surface area contributed by atoms with Crippen LogP contribution >= 0.6 is 0 Å². The molecule has 1 fully saturated rings. The normalized spacial score (nSPS) is 18.5. The second-order valence-electron chi connectivity index (χ2n) is 5.39. The van der Waals surface area contributed by atoms with Gasteiger partial charge >= 0.3 is 6.01 Å². The lowest BCUT2D eigenvalue weighted by atomic mass is 10.2. The van der Waals surface area contributed by atoms with Crippen LogP contribution in [-0.2, 0) is 9.84 Å². The summed E-state index contributed by atoms with van der Waals surface area (Å²) in [6.45, 7) is 1.79. The molecule has 1 atom stereocenters. The molecule has 1 aromatic heterocycles. The first-order chi connectivity index (χ1) is 10.5. The van der Waals surface area contributed by atoms with E-state index in [1.807, 2.05) is 0 Å². The van der Waals surface area contributed by atoms with Gasteiger partial charge in [0.05, 0.1) is 4.90 Å². The van der Waals surface area contributed by atoms with Crippen molar-refractivity contribution in [3.05, 3.63) is 24.3 Å². The molecule has 0 radical (unpaired) electrons. The molecule has 0 spiro atoms. The van der Waals surface area contributed by atoms with E-state index < -0.39 is 9.84 Å². The van der Waals surface area contributed by atoms with Gasteiger partial charge in [0.1, 0.15) is 0 Å². The van der Waals surface area contributed by atoms with Crippen LogP contribution < -0.4 is 10.6 Å². The summed E-state index contributed by atoms with van der Waals surface area (Å²) in [5.74, 6) is 0.432. The fraction of sp³-hybridized carbons (Fsp3) is 0.429. The van der Waals surface area contributed by atoms with Crippen molar-refractivity contribution in [1.82, 2.24) is 15.5 Å². The summed E-state index contributed by atoms with van der Waals surface area (Å²) in [7, 11) is -3.20. The summed E-state index contributed by atoms with van der Waals surface area (Å²) < 4.78 is 28.0. The Morgan fingerprint density at radius 1 is 1.36 bits per heavy atom. The van der Waals surface area contributed by atoms with Crippen molar-refractivity contribution >= 4 is 15.9 Å². The Kier molecular flexibility index (Phi) is 4.12. The van der Waals surface area contributed by atoms with Gasteiger partial charge < -0.3 is 15.2 Å². The third kappa shape index (κ3) is 3.45. The number of nitrogens with one attached hydrogen (secondary N) is 2. The van der Waals surface area contributed by atoms with E-state index in [0.717, 1.165) is 19.5 Å². The van der Waals surface area contributed by atoms with E-state index in [4.69, 9.17) is 4.52 Å². The predicted molar refractivity (Wildman–Crippen MR) is 82.4 cm³/mol. The van der Waals surface area contributed by atoms with Gasteiger partial charge in [-0.3, -0.25) is 0 Å². The number of benzene rings is 1. The minimum Gasteiger partial charge on any atom is -0.336 e. The van der Waals surface area contributed by atoms with E-state index >= 15 is 0 Å². The van der Waals surface area contributed by atoms with Gasteiger partial charge in [-0.15, -0.1) is 0 Å². The largest absolute Gasteiger partial charge is 0.336 e. The van der Waals surface area contributed by atoms with Gasteiger partial charge in [-0.05, 0) is 43.7 Å². The summed E-state index contributed by atoms with van der Waals surface area (Å²) in [4.78, 5) is 4.54. The van der Waals surface area contributed by atoms with Crippen molar-refractivity contribution in [3.63, 3.8) is 0 Å². The molecule has 2 N–H and O–H groups in total. The number of rotatable bonds is 5. The zero-order valence-corrected chi connectivity index (χ0v) is 13.1. The maximum Gasteiger partial charge on any atom is 0.321 e. The fourth-order valence-corrected chi connectivity index (χ4v) is 3.04. The van der Waals surface area contributed by atoms with Crippen LogP contribution in [0.2, 0.25) is 0 Å². The third-order valence-electron chi connectivity index (χ3n) is 3.63. The van der Waals surface area contributed by atoms with Crippen LogP contribution in [-0.4, -0.2) is 43.9 Å². The van der Waals surface area contributed by atoms with Crippen LogP contribution in [0.1, 0.15) is 12.8 Å². The molecule has 3 rings (SSSR count). The highest BCUT2D eigenvalue weighted by Crippen LogP contribution is 2.20. The van der Waals surface area contributed by atoms with Gasteiger partial charge in [-0.2, -0.15) is 4.98 Å². The Morgan fingerprint density at radius 3 is 2.77 bits per heavy atom. The predicted octanol–water partition coefficient (Wildman–Crippen LogP) is 1.30. The first-order valence-electron chi connectivity index (χ1n) is 7.14. The smallest absolute Gasteiger partial charge is 0.321 e. The number of hydrogen-bond acceptors (Lipinski definition) is 7. The molecule has 1 aromatic carbocycles. The maximum absolute atomic E-state index is 11.4. The molecular weight excluding hydrogens is 304 g/mol. The molecule has 0 aliphatic carbocycles. The van der Waals surface area contributed by atoms with Gasteiger partial charge in [-0.25, -0.2) is 8.42 Å². The second kappa shape index (κ2) is 6.05. The average Bonchev–Trinajstić information content (AvgIpc) is 3.16. The molecule has 22 heavy (non-hydrogen) atoms. The van der Waals surface area contributed by atoms with Crippen LogP contribution in [0.15, 0.2) is 33.7 Å². The highest BCUT2D eigenvalue weighted by molar-refractivity contribution is 7.90. The molecule has 1 saturated heterocycles. The van der Waals surface area contributed by atoms with Gasteiger partial charge in [0, 0.05) is 24.4 Å². The molecule has 1 aliphatic rings. The number of hydrogen-bond donors (Lipinski definition) is 2. The summed E-state index contributed by atoms with van der Waals surface area (Å²) in [5.41, 5.74) is 0.711. The standard InChI is InChI=1S/C14H18N4O3S/c1-22(19,20)12-6-4-10(5-7-12)13-17-14(21-18-13)16-9-11-3-2-8-15-11/h4-7,11,15H,2-3,8-9H2,1H3,(H,16,17,18). The summed E-state index contributed by atoms with van der Waals surface area (Å²) in [6, 6.07) is 7.22. The molecule has 0 bridgehead atoms. The molecule has 118 valence electrons. The lowest BCUT2D eigenvalue weighted by Gasteiger charge is -2.08. The van der Waals surface area contributed by atoms with E-state index in [-0.39, 0.29) is 4.90 Å². The Morgan fingerprint density at radius 2 is 2.14 bits per heavy atom. The Hall–Kier alpha value is -1.93. The topological polar surface area (TPSA) is 97.1 Å². The van der Waals surface area contributed by atoms with Crippen molar-refractivity contribution in [2.24, 2.45) is 0 Å². The number of nitrogens with zero attached hydrogens (tertiary/aromatic N) is 2. The third-order valence-corrected chi connectivity index (χ3v) is 4.76. The summed E-state index contributed by atoms with van der Waals surface area (Å²) in [6.07, 6.45) is 3.50. The zero-order valence-electron chi connectivity index (χ0n) is 12.2. The van der Waals surface area contributed by atoms with Crippen molar-refractivity contribution < 1.29 is 12.9 Å². The highest BCUT2D eigenvalue weighted by Gasteiger charge is 2.15. The molecule has 2 aromatic rings. The lowest BCUT2D eigenvalue weighted by Crippen LogP contribution is -2.29. The summed E-state index contributed by atoms with van der Waals surface area (Å²) >= 11 is 0. The SMILES string of the molecule is CS(=O)(=O)c1ccc(-c2noc(NCC3CCCN3)n2)cc1. The minimum atomic E-state index is -3.20. The van der Waals surface area contributed by atoms with Crippen LogP contribution in [0.5, 0.6) is 0 Å². The Bertz CT molecular complexity index is 734. The van der Waals surface area contributed by atoms with Gasteiger partial charge in [0.15, 0.2) is 9.84 Å². The van der Waals surface area contributed by atoms with Crippen LogP contribution in [0.25, 0.3) is 11.4 Å². The van der Waals surface area contributed by atoms with Crippen molar-refractivity contribution in [3.8, 4) is 11.4 Å². The lowest BCUT2D eigenvalue weighted by molar-refractivity contribution is 0.429. The monoisotopic (exact) mass is 322 g/mol. The highest BCUT2D eigenvalue weighted by atomic mass is 32.2. The fourth-order valence-electron chi connectivity index (χ4n) is 2.41. The van der Waals surface area contributed by atoms with Crippen molar-refractivity contribution in [1.29, 1.82) is 0 Å². The molecule has 1 aliphatic heterocycles. The molecule has 2 heterocycles. The van der Waals surface area contributed by atoms with Crippen molar-refractivity contribution in [2.45, 2.75) is 23.8 Å². The molecule has 0 amide bonds. The van der Waals surface area contributed by atoms with Crippen LogP contribution in [0.4, 0.5) is 6.01 Å². The first-order valence-corrected chi connectivity index (χ1v) is 9.03. The molecule has 0 saturated carbocycles. The number of sulfone groups is 1. The van der Waals surface area contributed by atoms with E-state index in [9.17, 15) is 8.42 Å². The van der Waals surface area contributed by atoms with Gasteiger partial charge in [0.2, 0.25) is 5.82 Å². The molecule has 1 unspecified atom stereocenters. The van der Waals surface area contributed by atoms with Gasteiger partial charge in [-0.1, -0.05) is 5.16 Å². The molecular formula is C14H18N4O3S. The quantitative estimate of drug-likeness (QED) is 0.856. The van der Waals surface area contributed by atoms with Crippen LogP contribution in [0, 0.1) is 0 Å². The van der Waals surface area contributed by atoms with Gasteiger partial charge in [0.25, 0.3) is 0 Å². The van der Waals surface area contributed by atoms with Crippen molar-refractivity contribution in [2.75, 3.05) is 24.7 Å². The van der Waals surface area contributed by atoms with E-state index in [1.54, 1.807) is 12.1 Å². The van der Waals surface area contributed by atoms with Crippen LogP contribution in [0.3, 0.4) is 0 Å². The maximum atomic E-state index is 11.4. The molecule has 7 nitrogen and oxygen atoms in total. The summed E-state index contributed by atoms with van der Waals surface area (Å²) in [5, 5.41) is 10.4. The first kappa shape index (κ1) is 15.0.